The van der Waals surface area contributed by atoms with E-state index in [9.17, 15) is 0 Å². The predicted molar refractivity (Wildman–Crippen MR) is 79.7 cm³/mol. The van der Waals surface area contributed by atoms with Crippen LogP contribution in [-0.4, -0.2) is 24.5 Å². The van der Waals surface area contributed by atoms with Crippen LogP contribution in [0.4, 0.5) is 0 Å². The molecule has 0 radical (unpaired) electrons. The quantitative estimate of drug-likeness (QED) is 0.758. The van der Waals surface area contributed by atoms with Crippen molar-refractivity contribution in [3.63, 3.8) is 0 Å². The second-order valence-corrected chi connectivity index (χ2v) is 5.15. The fraction of sp³-hybridized carbons (Fsp3) is 0.625. The Morgan fingerprint density at radius 2 is 1.94 bits per heavy atom. The highest BCUT2D eigenvalue weighted by atomic mass is 15.1. The van der Waals surface area contributed by atoms with Crippen molar-refractivity contribution in [3.05, 3.63) is 35.4 Å². The maximum absolute atomic E-state index is 3.37. The number of benzene rings is 1. The third kappa shape index (κ3) is 5.19. The van der Waals surface area contributed by atoms with Gasteiger partial charge in [-0.2, -0.15) is 0 Å². The lowest BCUT2D eigenvalue weighted by atomic mass is 10.1. The summed E-state index contributed by atoms with van der Waals surface area (Å²) in [5.74, 6) is 0. The maximum Gasteiger partial charge on any atom is 0.0233 e. The number of hydrogen-bond donors (Lipinski definition) is 1. The van der Waals surface area contributed by atoms with E-state index in [4.69, 9.17) is 0 Å². The van der Waals surface area contributed by atoms with Gasteiger partial charge >= 0.3 is 0 Å². The Labute approximate surface area is 112 Å². The van der Waals surface area contributed by atoms with E-state index >= 15 is 0 Å². The van der Waals surface area contributed by atoms with E-state index in [1.807, 2.05) is 0 Å². The molecule has 1 unspecified atom stereocenters. The molecule has 0 aliphatic carbocycles. The first-order valence-corrected chi connectivity index (χ1v) is 7.16. The molecule has 0 aliphatic heterocycles. The van der Waals surface area contributed by atoms with Crippen molar-refractivity contribution in [3.8, 4) is 0 Å². The van der Waals surface area contributed by atoms with Gasteiger partial charge in [0.1, 0.15) is 0 Å². The van der Waals surface area contributed by atoms with Gasteiger partial charge in [0.2, 0.25) is 0 Å². The van der Waals surface area contributed by atoms with Crippen LogP contribution in [0.15, 0.2) is 24.3 Å². The molecule has 2 heteroatoms. The van der Waals surface area contributed by atoms with Crippen LogP contribution >= 0.6 is 0 Å². The Morgan fingerprint density at radius 3 is 2.61 bits per heavy atom. The second kappa shape index (κ2) is 8.28. The average molecular weight is 248 g/mol. The summed E-state index contributed by atoms with van der Waals surface area (Å²) in [5.41, 5.74) is 2.79. The van der Waals surface area contributed by atoms with Gasteiger partial charge in [-0.25, -0.2) is 0 Å². The SMILES string of the molecule is CCCC(C)N(C)Cc1cccc(CNCC)c1. The molecule has 1 atom stereocenters. The number of hydrogen-bond acceptors (Lipinski definition) is 2. The zero-order valence-corrected chi connectivity index (χ0v) is 12.4. The van der Waals surface area contributed by atoms with Crippen LogP contribution in [0.1, 0.15) is 44.7 Å². The van der Waals surface area contributed by atoms with Gasteiger partial charge in [-0.15, -0.1) is 0 Å². The van der Waals surface area contributed by atoms with Crippen molar-refractivity contribution in [1.29, 1.82) is 0 Å². The summed E-state index contributed by atoms with van der Waals surface area (Å²) in [6.07, 6.45) is 2.53. The van der Waals surface area contributed by atoms with Crippen LogP contribution in [0.5, 0.6) is 0 Å². The highest BCUT2D eigenvalue weighted by Crippen LogP contribution is 2.11. The molecule has 0 heterocycles. The molecule has 1 aromatic rings. The molecule has 0 aliphatic rings. The van der Waals surface area contributed by atoms with E-state index in [-0.39, 0.29) is 0 Å². The summed E-state index contributed by atoms with van der Waals surface area (Å²) >= 11 is 0. The van der Waals surface area contributed by atoms with Crippen molar-refractivity contribution < 1.29 is 0 Å². The van der Waals surface area contributed by atoms with Crippen LogP contribution in [0.3, 0.4) is 0 Å². The summed E-state index contributed by atoms with van der Waals surface area (Å²) < 4.78 is 0. The fourth-order valence-electron chi connectivity index (χ4n) is 2.19. The zero-order chi connectivity index (χ0) is 13.4. The monoisotopic (exact) mass is 248 g/mol. The standard InChI is InChI=1S/C16H28N2/c1-5-8-14(3)18(4)13-16-10-7-9-15(11-16)12-17-6-2/h7,9-11,14,17H,5-6,8,12-13H2,1-4H3. The van der Waals surface area contributed by atoms with E-state index in [0.717, 1.165) is 19.6 Å². The minimum Gasteiger partial charge on any atom is -0.313 e. The normalized spacial score (nSPS) is 12.9. The van der Waals surface area contributed by atoms with Crippen LogP contribution in [0.25, 0.3) is 0 Å². The summed E-state index contributed by atoms with van der Waals surface area (Å²) in [6.45, 7) is 9.74. The van der Waals surface area contributed by atoms with E-state index in [2.05, 4.69) is 62.3 Å². The number of rotatable bonds is 8. The van der Waals surface area contributed by atoms with Crippen molar-refractivity contribution in [2.45, 2.75) is 52.7 Å². The van der Waals surface area contributed by atoms with Crippen molar-refractivity contribution in [2.75, 3.05) is 13.6 Å². The molecule has 0 fully saturated rings. The molecular formula is C16H28N2. The molecule has 0 spiro atoms. The summed E-state index contributed by atoms with van der Waals surface area (Å²) in [5, 5.41) is 3.37. The molecule has 1 aromatic carbocycles. The van der Waals surface area contributed by atoms with Gasteiger partial charge in [-0.1, -0.05) is 44.5 Å². The molecule has 0 bridgehead atoms. The molecule has 2 nitrogen and oxygen atoms in total. The van der Waals surface area contributed by atoms with E-state index in [1.165, 1.54) is 24.0 Å². The lowest BCUT2D eigenvalue weighted by Gasteiger charge is -2.24. The molecule has 0 amide bonds. The number of nitrogens with one attached hydrogen (secondary N) is 1. The minimum atomic E-state index is 0.660. The maximum atomic E-state index is 3.37. The third-order valence-corrected chi connectivity index (χ3v) is 3.46. The molecule has 1 rings (SSSR count). The zero-order valence-electron chi connectivity index (χ0n) is 12.4. The Kier molecular flexibility index (Phi) is 6.99. The van der Waals surface area contributed by atoms with Gasteiger partial charge in [0.05, 0.1) is 0 Å². The smallest absolute Gasteiger partial charge is 0.0233 e. The molecule has 102 valence electrons. The van der Waals surface area contributed by atoms with Crippen LogP contribution in [-0.2, 0) is 13.1 Å². The fourth-order valence-corrected chi connectivity index (χ4v) is 2.19. The summed E-state index contributed by atoms with van der Waals surface area (Å²) in [4.78, 5) is 2.44. The van der Waals surface area contributed by atoms with Crippen molar-refractivity contribution in [2.24, 2.45) is 0 Å². The van der Waals surface area contributed by atoms with Crippen LogP contribution in [0, 0.1) is 0 Å². The molecule has 18 heavy (non-hydrogen) atoms. The Morgan fingerprint density at radius 1 is 1.22 bits per heavy atom. The first kappa shape index (κ1) is 15.2. The number of nitrogens with zero attached hydrogens (tertiary/aromatic N) is 1. The van der Waals surface area contributed by atoms with Gasteiger partial charge in [0, 0.05) is 19.1 Å². The minimum absolute atomic E-state index is 0.660. The largest absolute Gasteiger partial charge is 0.313 e. The van der Waals surface area contributed by atoms with Gasteiger partial charge in [-0.05, 0) is 38.1 Å². The van der Waals surface area contributed by atoms with E-state index in [0.29, 0.717) is 6.04 Å². The lowest BCUT2D eigenvalue weighted by Crippen LogP contribution is -2.28. The van der Waals surface area contributed by atoms with Crippen LogP contribution < -0.4 is 5.32 Å². The summed E-state index contributed by atoms with van der Waals surface area (Å²) in [6, 6.07) is 9.57. The predicted octanol–water partition coefficient (Wildman–Crippen LogP) is 3.42. The molecule has 0 saturated heterocycles. The Hall–Kier alpha value is -0.860. The topological polar surface area (TPSA) is 15.3 Å². The van der Waals surface area contributed by atoms with Gasteiger partial charge < -0.3 is 5.32 Å². The first-order valence-electron chi connectivity index (χ1n) is 7.16. The molecular weight excluding hydrogens is 220 g/mol. The third-order valence-electron chi connectivity index (χ3n) is 3.46. The highest BCUT2D eigenvalue weighted by molar-refractivity contribution is 5.23. The van der Waals surface area contributed by atoms with Gasteiger partial charge in [0.25, 0.3) is 0 Å². The average Bonchev–Trinajstić information content (AvgIpc) is 2.37. The highest BCUT2D eigenvalue weighted by Gasteiger charge is 2.08. The molecule has 0 aromatic heterocycles. The van der Waals surface area contributed by atoms with Crippen molar-refractivity contribution in [1.82, 2.24) is 10.2 Å². The van der Waals surface area contributed by atoms with Gasteiger partial charge in [-0.3, -0.25) is 4.90 Å². The first-order chi connectivity index (χ1) is 8.67. The Bertz CT molecular complexity index is 336. The van der Waals surface area contributed by atoms with Gasteiger partial charge in [0.15, 0.2) is 0 Å². The Balaban J connectivity index is 2.55. The van der Waals surface area contributed by atoms with E-state index in [1.54, 1.807) is 0 Å². The molecule has 1 N–H and O–H groups in total. The second-order valence-electron chi connectivity index (χ2n) is 5.15. The summed E-state index contributed by atoms with van der Waals surface area (Å²) in [7, 11) is 2.22. The molecule has 0 saturated carbocycles. The lowest BCUT2D eigenvalue weighted by molar-refractivity contribution is 0.237. The van der Waals surface area contributed by atoms with Crippen LogP contribution in [0.2, 0.25) is 0 Å². The van der Waals surface area contributed by atoms with E-state index < -0.39 is 0 Å². The van der Waals surface area contributed by atoms with Crippen molar-refractivity contribution >= 4 is 0 Å².